The number of anilines is 2. The number of benzene rings is 2. The van der Waals surface area contributed by atoms with Gasteiger partial charge in [0, 0.05) is 12.7 Å². The number of carbonyl (C=O) groups excluding carboxylic acids is 1. The number of hydrogen-bond acceptors (Lipinski definition) is 3. The summed E-state index contributed by atoms with van der Waals surface area (Å²) in [4.78, 5) is 16.7. The molecule has 1 aromatic heterocycles. The van der Waals surface area contributed by atoms with Crippen LogP contribution in [0.25, 0.3) is 0 Å². The molecule has 0 aliphatic rings. The lowest BCUT2D eigenvalue weighted by Crippen LogP contribution is -2.24. The summed E-state index contributed by atoms with van der Waals surface area (Å²) in [6.45, 7) is 3.84. The number of alkyl halides is 3. The molecule has 1 heterocycles. The first-order valence-electron chi connectivity index (χ1n) is 9.71. The molecule has 4 nitrogen and oxygen atoms in total. The van der Waals surface area contributed by atoms with Crippen molar-refractivity contribution < 1.29 is 26.7 Å². The predicted molar refractivity (Wildman–Crippen MR) is 111 cm³/mol. The van der Waals surface area contributed by atoms with Crippen molar-refractivity contribution in [3.8, 4) is 0 Å². The molecule has 2 N–H and O–H groups in total. The number of nitrogens with one attached hydrogen (secondary N) is 2. The molecular weight excluding hydrogens is 429 g/mol. The molecule has 2 aromatic carbocycles. The average molecular weight is 449 g/mol. The van der Waals surface area contributed by atoms with Crippen molar-refractivity contribution in [3.05, 3.63) is 88.6 Å². The maximum atomic E-state index is 14.3. The van der Waals surface area contributed by atoms with Crippen LogP contribution in [0.5, 0.6) is 0 Å². The Bertz CT molecular complexity index is 1110. The Kier molecular flexibility index (Phi) is 6.76. The maximum Gasteiger partial charge on any atom is 0.419 e. The molecule has 168 valence electrons. The van der Waals surface area contributed by atoms with E-state index in [9.17, 15) is 26.7 Å². The van der Waals surface area contributed by atoms with Gasteiger partial charge in [-0.1, -0.05) is 32.0 Å². The molecule has 0 bridgehead atoms. The van der Waals surface area contributed by atoms with Crippen LogP contribution in [0.4, 0.5) is 33.5 Å². The molecule has 3 aromatic rings. The van der Waals surface area contributed by atoms with Gasteiger partial charge in [0.05, 0.1) is 16.8 Å². The van der Waals surface area contributed by atoms with Crippen molar-refractivity contribution >= 4 is 17.4 Å². The highest BCUT2D eigenvalue weighted by Crippen LogP contribution is 2.35. The van der Waals surface area contributed by atoms with Gasteiger partial charge in [-0.25, -0.2) is 13.8 Å². The first-order chi connectivity index (χ1) is 15.1. The third-order valence-corrected chi connectivity index (χ3v) is 4.74. The Balaban J connectivity index is 1.82. The molecule has 32 heavy (non-hydrogen) atoms. The van der Waals surface area contributed by atoms with Crippen molar-refractivity contribution in [3.63, 3.8) is 0 Å². The van der Waals surface area contributed by atoms with Crippen LogP contribution in [0.3, 0.4) is 0 Å². The first kappa shape index (κ1) is 23.2. The van der Waals surface area contributed by atoms with Crippen molar-refractivity contribution in [2.24, 2.45) is 0 Å². The SMILES string of the molecule is CC(C)c1cc(Nc2cccc(C(F)(F)F)c2F)ncc1C(=O)NCc1ccc(F)cc1. The molecule has 0 fully saturated rings. The highest BCUT2D eigenvalue weighted by Gasteiger charge is 2.35. The molecule has 0 aliphatic heterocycles. The fraction of sp³-hybridized carbons (Fsp3) is 0.217. The molecule has 0 atom stereocenters. The second-order valence-corrected chi connectivity index (χ2v) is 7.41. The van der Waals surface area contributed by atoms with Gasteiger partial charge in [-0.05, 0) is 47.4 Å². The van der Waals surface area contributed by atoms with Crippen LogP contribution in [0.2, 0.25) is 0 Å². The van der Waals surface area contributed by atoms with Crippen LogP contribution >= 0.6 is 0 Å². The summed E-state index contributed by atoms with van der Waals surface area (Å²) < 4.78 is 66.2. The second kappa shape index (κ2) is 9.33. The first-order valence-corrected chi connectivity index (χ1v) is 9.71. The van der Waals surface area contributed by atoms with Crippen LogP contribution in [-0.2, 0) is 12.7 Å². The van der Waals surface area contributed by atoms with Crippen molar-refractivity contribution in [2.45, 2.75) is 32.5 Å². The third kappa shape index (κ3) is 5.40. The number of amides is 1. The summed E-state index contributed by atoms with van der Waals surface area (Å²) in [6, 6.07) is 10.1. The number of pyridine rings is 1. The van der Waals surface area contributed by atoms with E-state index < -0.39 is 23.5 Å². The minimum atomic E-state index is -4.83. The van der Waals surface area contributed by atoms with E-state index in [-0.39, 0.29) is 35.3 Å². The largest absolute Gasteiger partial charge is 0.419 e. The molecule has 3 rings (SSSR count). The Labute approximate surface area is 181 Å². The lowest BCUT2D eigenvalue weighted by atomic mass is 9.98. The fourth-order valence-corrected chi connectivity index (χ4v) is 3.07. The normalized spacial score (nSPS) is 11.5. The molecular formula is C23H20F5N3O. The smallest absolute Gasteiger partial charge is 0.348 e. The number of rotatable bonds is 6. The van der Waals surface area contributed by atoms with E-state index in [0.29, 0.717) is 17.2 Å². The summed E-state index contributed by atoms with van der Waals surface area (Å²) in [6.07, 6.45) is -3.55. The van der Waals surface area contributed by atoms with Crippen LogP contribution < -0.4 is 10.6 Å². The molecule has 1 amide bonds. The van der Waals surface area contributed by atoms with Crippen molar-refractivity contribution in [1.29, 1.82) is 0 Å². The second-order valence-electron chi connectivity index (χ2n) is 7.41. The molecule has 0 spiro atoms. The molecule has 0 aliphatic carbocycles. The molecule has 0 unspecified atom stereocenters. The number of carbonyl (C=O) groups is 1. The Morgan fingerprint density at radius 1 is 1.06 bits per heavy atom. The van der Waals surface area contributed by atoms with Gasteiger partial charge in [0.1, 0.15) is 11.6 Å². The van der Waals surface area contributed by atoms with Gasteiger partial charge >= 0.3 is 6.18 Å². The minimum Gasteiger partial charge on any atom is -0.348 e. The van der Waals surface area contributed by atoms with E-state index >= 15 is 0 Å². The van der Waals surface area contributed by atoms with Gasteiger partial charge in [-0.3, -0.25) is 4.79 Å². The van der Waals surface area contributed by atoms with Gasteiger partial charge in [0.15, 0.2) is 5.82 Å². The summed E-state index contributed by atoms with van der Waals surface area (Å²) >= 11 is 0. The Hall–Kier alpha value is -3.49. The number of hydrogen-bond donors (Lipinski definition) is 2. The zero-order valence-electron chi connectivity index (χ0n) is 17.2. The number of halogens is 5. The topological polar surface area (TPSA) is 54.0 Å². The molecule has 0 radical (unpaired) electrons. The Morgan fingerprint density at radius 3 is 2.38 bits per heavy atom. The monoisotopic (exact) mass is 449 g/mol. The zero-order valence-corrected chi connectivity index (χ0v) is 17.2. The highest BCUT2D eigenvalue weighted by atomic mass is 19.4. The van der Waals surface area contributed by atoms with Gasteiger partial charge < -0.3 is 10.6 Å². The van der Waals surface area contributed by atoms with Crippen LogP contribution in [-0.4, -0.2) is 10.9 Å². The van der Waals surface area contributed by atoms with E-state index in [0.717, 1.165) is 6.07 Å². The van der Waals surface area contributed by atoms with Gasteiger partial charge in [-0.15, -0.1) is 0 Å². The lowest BCUT2D eigenvalue weighted by Gasteiger charge is -2.16. The Morgan fingerprint density at radius 2 is 1.75 bits per heavy atom. The van der Waals surface area contributed by atoms with E-state index in [4.69, 9.17) is 0 Å². The lowest BCUT2D eigenvalue weighted by molar-refractivity contribution is -0.139. The molecule has 0 saturated heterocycles. The highest BCUT2D eigenvalue weighted by molar-refractivity contribution is 5.95. The average Bonchev–Trinajstić information content (AvgIpc) is 2.73. The summed E-state index contributed by atoms with van der Waals surface area (Å²) in [5.41, 5.74) is -0.209. The molecule has 0 saturated carbocycles. The van der Waals surface area contributed by atoms with E-state index in [2.05, 4.69) is 15.6 Å². The van der Waals surface area contributed by atoms with E-state index in [1.54, 1.807) is 12.1 Å². The predicted octanol–water partition coefficient (Wildman–Crippen LogP) is 6.18. The van der Waals surface area contributed by atoms with E-state index in [1.165, 1.54) is 30.5 Å². The van der Waals surface area contributed by atoms with E-state index in [1.807, 2.05) is 13.8 Å². The van der Waals surface area contributed by atoms with Crippen molar-refractivity contribution in [1.82, 2.24) is 10.3 Å². The quantitative estimate of drug-likeness (QED) is 0.442. The summed E-state index contributed by atoms with van der Waals surface area (Å²) in [7, 11) is 0. The van der Waals surface area contributed by atoms with Crippen LogP contribution in [0.1, 0.15) is 46.8 Å². The maximum absolute atomic E-state index is 14.3. The molecule has 9 heteroatoms. The summed E-state index contributed by atoms with van der Waals surface area (Å²) in [5.74, 6) is -2.26. The summed E-state index contributed by atoms with van der Waals surface area (Å²) in [5, 5.41) is 5.28. The number of nitrogens with zero attached hydrogens (tertiary/aromatic N) is 1. The zero-order chi connectivity index (χ0) is 23.5. The van der Waals surface area contributed by atoms with Gasteiger partial charge in [-0.2, -0.15) is 13.2 Å². The third-order valence-electron chi connectivity index (χ3n) is 4.74. The number of aromatic nitrogens is 1. The standard InChI is InChI=1S/C23H20F5N3O/c1-13(2)16-10-20(31-19-5-3-4-18(21(19)25)23(26,27)28)29-12-17(16)22(32)30-11-14-6-8-15(24)9-7-14/h3-10,12-13H,11H2,1-2H3,(H,29,31)(H,30,32). The van der Waals surface area contributed by atoms with Crippen molar-refractivity contribution in [2.75, 3.05) is 5.32 Å². The van der Waals surface area contributed by atoms with Gasteiger partial charge in [0.25, 0.3) is 5.91 Å². The van der Waals surface area contributed by atoms with Crippen LogP contribution in [0, 0.1) is 11.6 Å². The minimum absolute atomic E-state index is 0.0991. The fourth-order valence-electron chi connectivity index (χ4n) is 3.07. The van der Waals surface area contributed by atoms with Gasteiger partial charge in [0.2, 0.25) is 0 Å². The van der Waals surface area contributed by atoms with Crippen LogP contribution in [0.15, 0.2) is 54.7 Å².